The maximum Gasteiger partial charge on any atom is 0.326 e. The predicted molar refractivity (Wildman–Crippen MR) is 122 cm³/mol. The van der Waals surface area contributed by atoms with Gasteiger partial charge in [0.1, 0.15) is 23.1 Å². The highest BCUT2D eigenvalue weighted by Gasteiger charge is 2.56. The number of ether oxygens (including phenoxy) is 1. The number of nitrogens with zero attached hydrogens (tertiary/aromatic N) is 5. The molecule has 1 saturated heterocycles. The van der Waals surface area contributed by atoms with Crippen molar-refractivity contribution in [3.8, 4) is 11.8 Å². The molecule has 0 bridgehead atoms. The first-order chi connectivity index (χ1) is 16.0. The lowest BCUT2D eigenvalue weighted by atomic mass is 9.77. The van der Waals surface area contributed by atoms with Crippen LogP contribution in [-0.4, -0.2) is 50.1 Å². The average molecular weight is 446 g/mol. The smallest absolute Gasteiger partial charge is 0.326 e. The lowest BCUT2D eigenvalue weighted by Crippen LogP contribution is -2.66. The fourth-order valence-corrected chi connectivity index (χ4v) is 6.12. The van der Waals surface area contributed by atoms with Crippen LogP contribution >= 0.6 is 0 Å². The second kappa shape index (κ2) is 6.50. The minimum Gasteiger partial charge on any atom is -0.421 e. The van der Waals surface area contributed by atoms with E-state index in [1.807, 2.05) is 6.92 Å². The fraction of sp³-hybridized carbons (Fsp3) is 0.391. The summed E-state index contributed by atoms with van der Waals surface area (Å²) in [5.74, 6) is 2.01. The highest BCUT2D eigenvalue weighted by atomic mass is 19.1. The molecule has 4 unspecified atom stereocenters. The van der Waals surface area contributed by atoms with Gasteiger partial charge in [-0.05, 0) is 32.3 Å². The summed E-state index contributed by atoms with van der Waals surface area (Å²) in [6.45, 7) is 1.81. The molecule has 0 spiro atoms. The number of aryl methyl sites for hydroxylation is 1. The van der Waals surface area contributed by atoms with E-state index in [2.05, 4.69) is 30.2 Å². The number of hydrogen-bond acceptors (Lipinski definition) is 8. The minimum atomic E-state index is -0.215. The van der Waals surface area contributed by atoms with Gasteiger partial charge in [0.2, 0.25) is 0 Å². The Labute approximate surface area is 188 Å². The van der Waals surface area contributed by atoms with Gasteiger partial charge in [-0.3, -0.25) is 0 Å². The Hall–Kier alpha value is -3.53. The Morgan fingerprint density at radius 3 is 2.79 bits per heavy atom. The second-order valence-corrected chi connectivity index (χ2v) is 9.20. The molecule has 4 atom stereocenters. The SMILES string of the molecule is CNc1cc(F)c2c3c1[nH]c1nc(Oc4cnc(C)nc4)nc(c13)N1C3CCC(N)C3C1C2. The molecule has 5 heterocycles. The van der Waals surface area contributed by atoms with Crippen LogP contribution < -0.4 is 20.7 Å². The number of aromatic nitrogens is 5. The lowest BCUT2D eigenvalue weighted by Gasteiger charge is -2.54. The number of anilines is 2. The van der Waals surface area contributed by atoms with Gasteiger partial charge in [-0.2, -0.15) is 9.97 Å². The van der Waals surface area contributed by atoms with Gasteiger partial charge in [-0.25, -0.2) is 14.4 Å². The monoisotopic (exact) mass is 446 g/mol. The summed E-state index contributed by atoms with van der Waals surface area (Å²) in [4.78, 5) is 23.6. The third-order valence-corrected chi connectivity index (χ3v) is 7.53. The molecule has 3 aromatic heterocycles. The third kappa shape index (κ3) is 2.49. The first-order valence-electron chi connectivity index (χ1n) is 11.3. The zero-order valence-electron chi connectivity index (χ0n) is 18.3. The Morgan fingerprint density at radius 1 is 1.18 bits per heavy atom. The normalized spacial score (nSPS) is 25.2. The molecular weight excluding hydrogens is 423 g/mol. The van der Waals surface area contributed by atoms with Gasteiger partial charge >= 0.3 is 6.01 Å². The molecule has 33 heavy (non-hydrogen) atoms. The number of aromatic amines is 1. The topological polar surface area (TPSA) is 118 Å². The van der Waals surface area contributed by atoms with Crippen LogP contribution in [0.2, 0.25) is 0 Å². The number of benzene rings is 1. The molecule has 9 nitrogen and oxygen atoms in total. The van der Waals surface area contributed by atoms with Crippen molar-refractivity contribution in [3.05, 3.63) is 35.7 Å². The average Bonchev–Trinajstić information content (AvgIpc) is 3.28. The van der Waals surface area contributed by atoms with Crippen LogP contribution in [0, 0.1) is 18.7 Å². The number of H-pyrrole nitrogens is 1. The molecule has 0 amide bonds. The van der Waals surface area contributed by atoms with E-state index in [-0.39, 0.29) is 23.9 Å². The summed E-state index contributed by atoms with van der Waals surface area (Å²) in [6.07, 6.45) is 5.77. The van der Waals surface area contributed by atoms with Crippen LogP contribution in [0.3, 0.4) is 0 Å². The fourth-order valence-electron chi connectivity index (χ4n) is 6.12. The maximum atomic E-state index is 15.4. The van der Waals surface area contributed by atoms with Crippen molar-refractivity contribution in [1.82, 2.24) is 24.9 Å². The Balaban J connectivity index is 1.48. The quantitative estimate of drug-likeness (QED) is 0.440. The van der Waals surface area contributed by atoms with Crippen molar-refractivity contribution in [2.45, 2.75) is 44.3 Å². The Morgan fingerprint density at radius 2 is 2.00 bits per heavy atom. The first-order valence-corrected chi connectivity index (χ1v) is 11.3. The van der Waals surface area contributed by atoms with Gasteiger partial charge < -0.3 is 25.7 Å². The van der Waals surface area contributed by atoms with Crippen molar-refractivity contribution in [2.24, 2.45) is 11.7 Å². The molecule has 1 aliphatic carbocycles. The van der Waals surface area contributed by atoms with Crippen LogP contribution in [0.15, 0.2) is 18.5 Å². The molecule has 4 N–H and O–H groups in total. The zero-order valence-corrected chi connectivity index (χ0v) is 18.3. The number of fused-ring (bicyclic) bond motifs is 5. The van der Waals surface area contributed by atoms with Gasteiger partial charge in [-0.15, -0.1) is 0 Å². The standard InChI is InChI=1S/C23H23FN8O/c1-9-27-7-10(8-28-9)33-23-30-21-19-17-11(12(24)6-14(26-2)20(17)29-21)5-16-18-13(25)3-4-15(18)32(16)22(19)31-23/h6-8,13,15-16,18,26H,3-5,25H2,1-2H3,(H,29,30,31). The van der Waals surface area contributed by atoms with Crippen molar-refractivity contribution >= 4 is 33.4 Å². The molecule has 2 fully saturated rings. The highest BCUT2D eigenvalue weighted by Crippen LogP contribution is 2.53. The molecular formula is C23H23FN8O. The van der Waals surface area contributed by atoms with Crippen molar-refractivity contribution in [3.63, 3.8) is 0 Å². The summed E-state index contributed by atoms with van der Waals surface area (Å²) >= 11 is 0. The number of rotatable bonds is 3. The summed E-state index contributed by atoms with van der Waals surface area (Å²) in [7, 11) is 1.79. The van der Waals surface area contributed by atoms with Gasteiger partial charge in [0.15, 0.2) is 5.75 Å². The summed E-state index contributed by atoms with van der Waals surface area (Å²) in [5.41, 5.74) is 9.30. The molecule has 10 heteroatoms. The van der Waals surface area contributed by atoms with E-state index in [4.69, 9.17) is 15.5 Å². The van der Waals surface area contributed by atoms with Crippen LogP contribution in [0.4, 0.5) is 15.9 Å². The second-order valence-electron chi connectivity index (χ2n) is 9.20. The minimum absolute atomic E-state index is 0.103. The van der Waals surface area contributed by atoms with E-state index in [0.29, 0.717) is 46.9 Å². The molecule has 7 rings (SSSR count). The Kier molecular flexibility index (Phi) is 3.74. The summed E-state index contributed by atoms with van der Waals surface area (Å²) < 4.78 is 21.3. The van der Waals surface area contributed by atoms with Crippen molar-refractivity contribution in [2.75, 3.05) is 17.3 Å². The maximum absolute atomic E-state index is 15.4. The third-order valence-electron chi connectivity index (χ3n) is 7.53. The lowest BCUT2D eigenvalue weighted by molar-refractivity contribution is 0.215. The molecule has 2 aliphatic heterocycles. The van der Waals surface area contributed by atoms with Crippen LogP contribution in [0.5, 0.6) is 11.8 Å². The van der Waals surface area contributed by atoms with Gasteiger partial charge in [-0.1, -0.05) is 0 Å². The Bertz CT molecular complexity index is 1430. The zero-order chi connectivity index (χ0) is 22.4. The van der Waals surface area contributed by atoms with Gasteiger partial charge in [0, 0.05) is 42.0 Å². The number of hydrogen-bond donors (Lipinski definition) is 3. The number of nitrogens with two attached hydrogens (primary N) is 1. The van der Waals surface area contributed by atoms with Gasteiger partial charge in [0.05, 0.1) is 29.0 Å². The summed E-state index contributed by atoms with van der Waals surface area (Å²) in [6, 6.07) is 2.29. The first kappa shape index (κ1) is 19.0. The van der Waals surface area contributed by atoms with E-state index in [9.17, 15) is 0 Å². The van der Waals surface area contributed by atoms with Crippen LogP contribution in [0.1, 0.15) is 24.2 Å². The largest absolute Gasteiger partial charge is 0.421 e. The molecule has 1 saturated carbocycles. The number of halogens is 1. The molecule has 4 aromatic rings. The van der Waals surface area contributed by atoms with Crippen molar-refractivity contribution in [1.29, 1.82) is 0 Å². The van der Waals surface area contributed by atoms with E-state index >= 15 is 4.39 Å². The number of nitrogens with one attached hydrogen (secondary N) is 2. The van der Waals surface area contributed by atoms with Crippen LogP contribution in [-0.2, 0) is 6.42 Å². The summed E-state index contributed by atoms with van der Waals surface area (Å²) in [5, 5.41) is 4.79. The van der Waals surface area contributed by atoms with Crippen molar-refractivity contribution < 1.29 is 9.13 Å². The van der Waals surface area contributed by atoms with E-state index in [0.717, 1.165) is 34.9 Å². The van der Waals surface area contributed by atoms with E-state index in [1.54, 1.807) is 25.5 Å². The van der Waals surface area contributed by atoms with E-state index < -0.39 is 0 Å². The van der Waals surface area contributed by atoms with Crippen LogP contribution in [0.25, 0.3) is 21.9 Å². The molecule has 0 radical (unpaired) electrons. The predicted octanol–water partition coefficient (Wildman–Crippen LogP) is 3.03. The molecule has 168 valence electrons. The van der Waals surface area contributed by atoms with E-state index in [1.165, 1.54) is 0 Å². The molecule has 1 aromatic carbocycles. The molecule has 3 aliphatic rings. The van der Waals surface area contributed by atoms with Gasteiger partial charge in [0.25, 0.3) is 0 Å². The highest BCUT2D eigenvalue weighted by molar-refractivity contribution is 6.17.